The second-order valence-electron chi connectivity index (χ2n) is 8.62. The van der Waals surface area contributed by atoms with Gasteiger partial charge in [-0.05, 0) is 56.5 Å². The van der Waals surface area contributed by atoms with Crippen LogP contribution in [0.5, 0.6) is 11.5 Å². The summed E-state index contributed by atoms with van der Waals surface area (Å²) in [5.74, 6) is 1.01. The van der Waals surface area contributed by atoms with Crippen molar-refractivity contribution < 1.29 is 19.0 Å². The minimum atomic E-state index is -0.528. The molecule has 0 unspecified atom stereocenters. The number of carbonyl (C=O) groups excluding carboxylic acids is 1. The van der Waals surface area contributed by atoms with E-state index in [4.69, 9.17) is 14.2 Å². The van der Waals surface area contributed by atoms with Crippen LogP contribution in [0, 0.1) is 0 Å². The van der Waals surface area contributed by atoms with E-state index in [1.54, 1.807) is 20.4 Å². The summed E-state index contributed by atoms with van der Waals surface area (Å²) < 4.78 is 16.2. The Morgan fingerprint density at radius 3 is 2.53 bits per heavy atom. The smallest absolute Gasteiger partial charge is 0.332 e. The van der Waals surface area contributed by atoms with Crippen molar-refractivity contribution in [2.75, 3.05) is 20.8 Å². The van der Waals surface area contributed by atoms with E-state index in [0.29, 0.717) is 18.0 Å². The lowest BCUT2D eigenvalue weighted by molar-refractivity contribution is -0.148. The van der Waals surface area contributed by atoms with Gasteiger partial charge in [0.25, 0.3) is 0 Å². The van der Waals surface area contributed by atoms with Gasteiger partial charge >= 0.3 is 5.97 Å². The van der Waals surface area contributed by atoms with Gasteiger partial charge in [0.05, 0.1) is 14.2 Å². The first-order valence-electron chi connectivity index (χ1n) is 10.7. The van der Waals surface area contributed by atoms with Crippen LogP contribution in [0.25, 0.3) is 10.9 Å². The summed E-state index contributed by atoms with van der Waals surface area (Å²) >= 11 is 0. The Morgan fingerprint density at radius 1 is 1.06 bits per heavy atom. The van der Waals surface area contributed by atoms with Gasteiger partial charge < -0.3 is 24.1 Å². The first-order valence-corrected chi connectivity index (χ1v) is 10.7. The largest absolute Gasteiger partial charge is 0.493 e. The molecule has 0 fully saturated rings. The molecule has 0 saturated heterocycles. The molecule has 6 heteroatoms. The summed E-state index contributed by atoms with van der Waals surface area (Å²) in [6, 6.07) is 14.1. The number of fused-ring (bicyclic) bond motifs is 1. The molecule has 0 bridgehead atoms. The van der Waals surface area contributed by atoms with Crippen molar-refractivity contribution in [3.05, 3.63) is 72.1 Å². The third-order valence-corrected chi connectivity index (χ3v) is 5.01. The highest BCUT2D eigenvalue weighted by atomic mass is 16.6. The summed E-state index contributed by atoms with van der Waals surface area (Å²) in [5, 5.41) is 1.22. The molecule has 0 atom stereocenters. The number of nitrogens with zero attached hydrogens (tertiary/aromatic N) is 1. The van der Waals surface area contributed by atoms with Crippen molar-refractivity contribution in [1.82, 2.24) is 9.88 Å². The third kappa shape index (κ3) is 6.30. The normalized spacial score (nSPS) is 11.7. The maximum atomic E-state index is 12.2. The molecular formula is C26H32N2O4. The molecule has 0 spiro atoms. The van der Waals surface area contributed by atoms with E-state index in [2.05, 4.69) is 28.2 Å². The molecule has 1 heterocycles. The fourth-order valence-corrected chi connectivity index (χ4v) is 3.52. The molecule has 170 valence electrons. The van der Waals surface area contributed by atoms with E-state index in [9.17, 15) is 4.79 Å². The zero-order valence-corrected chi connectivity index (χ0v) is 19.5. The van der Waals surface area contributed by atoms with Crippen LogP contribution in [0.2, 0.25) is 0 Å². The van der Waals surface area contributed by atoms with Crippen LogP contribution in [0.1, 0.15) is 31.9 Å². The van der Waals surface area contributed by atoms with Crippen LogP contribution in [0.15, 0.2) is 60.9 Å². The second-order valence-corrected chi connectivity index (χ2v) is 8.62. The molecule has 3 aromatic rings. The molecule has 0 aliphatic rings. The number of rotatable bonds is 9. The lowest BCUT2D eigenvalue weighted by Gasteiger charge is -2.22. The number of carbonyl (C=O) groups is 1. The first kappa shape index (κ1) is 23.3. The van der Waals surface area contributed by atoms with Crippen LogP contribution in [-0.2, 0) is 22.5 Å². The van der Waals surface area contributed by atoms with Crippen LogP contribution in [0.3, 0.4) is 0 Å². The fraction of sp³-hybridized carbons (Fsp3) is 0.346. The highest BCUT2D eigenvalue weighted by Gasteiger charge is 2.15. The molecule has 0 aliphatic carbocycles. The van der Waals surface area contributed by atoms with Gasteiger partial charge in [-0.15, -0.1) is 0 Å². The minimum Gasteiger partial charge on any atom is -0.493 e. The number of methoxy groups -OCH3 is 2. The van der Waals surface area contributed by atoms with Crippen LogP contribution < -0.4 is 9.47 Å². The quantitative estimate of drug-likeness (QED) is 0.374. The Labute approximate surface area is 189 Å². The summed E-state index contributed by atoms with van der Waals surface area (Å²) in [6.07, 6.45) is 6.17. The zero-order chi connectivity index (χ0) is 23.1. The zero-order valence-electron chi connectivity index (χ0n) is 19.5. The number of hydrogen-bond acceptors (Lipinski definition) is 5. The number of ether oxygens (including phenoxy) is 3. The van der Waals surface area contributed by atoms with E-state index in [-0.39, 0.29) is 5.97 Å². The Hall–Kier alpha value is -3.41. The molecule has 0 radical (unpaired) electrons. The Bertz CT molecular complexity index is 1080. The van der Waals surface area contributed by atoms with Gasteiger partial charge in [-0.25, -0.2) is 4.79 Å². The lowest BCUT2D eigenvalue weighted by atomic mass is 10.1. The van der Waals surface area contributed by atoms with Crippen LogP contribution in [-0.4, -0.2) is 42.2 Å². The number of para-hydroxylation sites is 1. The predicted octanol–water partition coefficient (Wildman–Crippen LogP) is 5.09. The third-order valence-electron chi connectivity index (χ3n) is 5.01. The molecule has 0 amide bonds. The van der Waals surface area contributed by atoms with Gasteiger partial charge in [-0.3, -0.25) is 0 Å². The molecular weight excluding hydrogens is 404 g/mol. The Balaban J connectivity index is 1.78. The van der Waals surface area contributed by atoms with Crippen molar-refractivity contribution in [2.45, 2.75) is 39.3 Å². The van der Waals surface area contributed by atoms with Crippen molar-refractivity contribution in [1.29, 1.82) is 0 Å². The maximum absolute atomic E-state index is 12.2. The molecule has 6 nitrogen and oxygen atoms in total. The molecule has 0 saturated carbocycles. The lowest BCUT2D eigenvalue weighted by Crippen LogP contribution is -2.24. The van der Waals surface area contributed by atoms with Gasteiger partial charge in [-0.2, -0.15) is 0 Å². The Kier molecular flexibility index (Phi) is 7.46. The molecule has 1 N–H and O–H groups in total. The SMILES string of the molecule is COc1ccc(CN(/C=C/C(=O)OC(C)(C)C)CCc2c[nH]c3ccccc23)cc1OC. The van der Waals surface area contributed by atoms with Crippen molar-refractivity contribution >= 4 is 16.9 Å². The van der Waals surface area contributed by atoms with Crippen molar-refractivity contribution in [2.24, 2.45) is 0 Å². The van der Waals surface area contributed by atoms with Gasteiger partial charge in [0.2, 0.25) is 0 Å². The summed E-state index contributed by atoms with van der Waals surface area (Å²) in [7, 11) is 3.24. The number of esters is 1. The van der Waals surface area contributed by atoms with E-state index in [1.165, 1.54) is 17.0 Å². The number of benzene rings is 2. The molecule has 2 aromatic carbocycles. The van der Waals surface area contributed by atoms with Gasteiger partial charge in [0.15, 0.2) is 11.5 Å². The van der Waals surface area contributed by atoms with Gasteiger partial charge in [-0.1, -0.05) is 24.3 Å². The summed E-state index contributed by atoms with van der Waals surface area (Å²) in [6.45, 7) is 6.92. The van der Waals surface area contributed by atoms with E-state index in [1.807, 2.05) is 51.1 Å². The average molecular weight is 437 g/mol. The van der Waals surface area contributed by atoms with E-state index < -0.39 is 5.60 Å². The fourth-order valence-electron chi connectivity index (χ4n) is 3.52. The summed E-state index contributed by atoms with van der Waals surface area (Å²) in [4.78, 5) is 17.7. The van der Waals surface area contributed by atoms with Crippen molar-refractivity contribution in [3.8, 4) is 11.5 Å². The topological polar surface area (TPSA) is 63.8 Å². The van der Waals surface area contributed by atoms with Gasteiger partial charge in [0, 0.05) is 42.5 Å². The number of H-pyrrole nitrogens is 1. The number of aromatic nitrogens is 1. The molecule has 1 aromatic heterocycles. The van der Waals surface area contributed by atoms with Gasteiger partial charge in [0.1, 0.15) is 5.60 Å². The van der Waals surface area contributed by atoms with E-state index in [0.717, 1.165) is 24.0 Å². The van der Waals surface area contributed by atoms with E-state index >= 15 is 0 Å². The average Bonchev–Trinajstić information content (AvgIpc) is 3.17. The first-order chi connectivity index (χ1) is 15.3. The van der Waals surface area contributed by atoms with Crippen molar-refractivity contribution in [3.63, 3.8) is 0 Å². The number of nitrogens with one attached hydrogen (secondary N) is 1. The van der Waals surface area contributed by atoms with Crippen LogP contribution in [0.4, 0.5) is 0 Å². The highest BCUT2D eigenvalue weighted by molar-refractivity contribution is 5.83. The molecule has 3 rings (SSSR count). The Morgan fingerprint density at radius 2 is 1.81 bits per heavy atom. The predicted molar refractivity (Wildman–Crippen MR) is 127 cm³/mol. The maximum Gasteiger partial charge on any atom is 0.332 e. The number of hydrogen-bond donors (Lipinski definition) is 1. The second kappa shape index (κ2) is 10.3. The minimum absolute atomic E-state index is 0.359. The monoisotopic (exact) mass is 436 g/mol. The summed E-state index contributed by atoms with van der Waals surface area (Å²) in [5.41, 5.74) is 2.89. The standard InChI is InChI=1S/C26H32N2O4/c1-26(2,3)32-25(29)13-15-28(18-19-10-11-23(30-4)24(16-19)31-5)14-12-20-17-27-22-9-7-6-8-21(20)22/h6-11,13,15-17,27H,12,14,18H2,1-5H3/b15-13+. The van der Waals surface area contributed by atoms with Crippen LogP contribution >= 0.6 is 0 Å². The number of aromatic amines is 1. The highest BCUT2D eigenvalue weighted by Crippen LogP contribution is 2.28. The molecule has 0 aliphatic heterocycles. The molecule has 32 heavy (non-hydrogen) atoms.